The van der Waals surface area contributed by atoms with Crippen LogP contribution < -0.4 is 0 Å². The summed E-state index contributed by atoms with van der Waals surface area (Å²) in [6, 6.07) is 20.2. The highest BCUT2D eigenvalue weighted by Crippen LogP contribution is 2.29. The standard InChI is InChI=1S/C29H32O4/c1-3-5-6-10-18-29(4-2,19-17-22-11-8-7-9-12-22)33-28(32)26-16-14-23-20-25(27(30)31)15-13-24(23)21-26/h7-9,11-17,19-21H,3-6,10,18H2,1-2H3,(H,30,31). The first-order chi connectivity index (χ1) is 16.0. The summed E-state index contributed by atoms with van der Waals surface area (Å²) >= 11 is 0. The van der Waals surface area contributed by atoms with Gasteiger partial charge in [0, 0.05) is 0 Å². The Morgan fingerprint density at radius 3 is 2.18 bits per heavy atom. The molecule has 0 radical (unpaired) electrons. The van der Waals surface area contributed by atoms with Crippen molar-refractivity contribution in [2.24, 2.45) is 0 Å². The summed E-state index contributed by atoms with van der Waals surface area (Å²) in [4.78, 5) is 24.4. The maximum atomic E-state index is 13.2. The molecule has 4 heteroatoms. The Hall–Kier alpha value is -3.40. The smallest absolute Gasteiger partial charge is 0.339 e. The molecule has 0 amide bonds. The molecule has 4 nitrogen and oxygen atoms in total. The molecule has 1 atom stereocenters. The van der Waals surface area contributed by atoms with E-state index < -0.39 is 11.6 Å². The lowest BCUT2D eigenvalue weighted by Gasteiger charge is -2.30. The van der Waals surface area contributed by atoms with Gasteiger partial charge in [0.25, 0.3) is 0 Å². The maximum absolute atomic E-state index is 13.2. The Balaban J connectivity index is 1.85. The van der Waals surface area contributed by atoms with E-state index in [0.29, 0.717) is 12.0 Å². The molecule has 3 aromatic rings. The van der Waals surface area contributed by atoms with Gasteiger partial charge in [0.15, 0.2) is 0 Å². The summed E-state index contributed by atoms with van der Waals surface area (Å²) in [5.74, 6) is -1.34. The monoisotopic (exact) mass is 444 g/mol. The second-order valence-electron chi connectivity index (χ2n) is 8.44. The van der Waals surface area contributed by atoms with Crippen LogP contribution in [0.25, 0.3) is 16.8 Å². The fraction of sp³-hybridized carbons (Fsp3) is 0.310. The van der Waals surface area contributed by atoms with Crippen LogP contribution in [-0.4, -0.2) is 22.6 Å². The highest BCUT2D eigenvalue weighted by atomic mass is 16.6. The Kier molecular flexibility index (Phi) is 8.42. The molecule has 1 N–H and O–H groups in total. The second-order valence-corrected chi connectivity index (χ2v) is 8.44. The molecule has 3 aromatic carbocycles. The zero-order valence-electron chi connectivity index (χ0n) is 19.4. The van der Waals surface area contributed by atoms with E-state index in [4.69, 9.17) is 4.74 Å². The van der Waals surface area contributed by atoms with E-state index in [1.165, 1.54) is 6.42 Å². The second kappa shape index (κ2) is 11.5. The van der Waals surface area contributed by atoms with Crippen molar-refractivity contribution < 1.29 is 19.4 Å². The van der Waals surface area contributed by atoms with Gasteiger partial charge in [-0.25, -0.2) is 9.59 Å². The van der Waals surface area contributed by atoms with E-state index in [0.717, 1.165) is 42.0 Å². The molecular weight excluding hydrogens is 412 g/mol. The van der Waals surface area contributed by atoms with Crippen molar-refractivity contribution in [1.82, 2.24) is 0 Å². The van der Waals surface area contributed by atoms with Crippen LogP contribution in [0.3, 0.4) is 0 Å². The zero-order chi connectivity index (χ0) is 23.7. The number of esters is 1. The fourth-order valence-corrected chi connectivity index (χ4v) is 3.95. The van der Waals surface area contributed by atoms with Gasteiger partial charge in [-0.05, 0) is 65.9 Å². The largest absolute Gasteiger partial charge is 0.478 e. The van der Waals surface area contributed by atoms with Crippen molar-refractivity contribution in [2.75, 3.05) is 0 Å². The van der Waals surface area contributed by atoms with E-state index in [1.54, 1.807) is 36.4 Å². The molecule has 3 rings (SSSR count). The van der Waals surface area contributed by atoms with Gasteiger partial charge in [0.1, 0.15) is 5.60 Å². The van der Waals surface area contributed by atoms with Crippen molar-refractivity contribution in [2.45, 2.75) is 58.0 Å². The minimum absolute atomic E-state index is 0.223. The molecule has 33 heavy (non-hydrogen) atoms. The van der Waals surface area contributed by atoms with E-state index in [-0.39, 0.29) is 11.5 Å². The van der Waals surface area contributed by atoms with Crippen LogP contribution in [0.4, 0.5) is 0 Å². The first-order valence-corrected chi connectivity index (χ1v) is 11.7. The van der Waals surface area contributed by atoms with Gasteiger partial charge in [0.2, 0.25) is 0 Å². The number of rotatable bonds is 11. The summed E-state index contributed by atoms with van der Waals surface area (Å²) in [5, 5.41) is 10.8. The molecule has 1 unspecified atom stereocenters. The molecule has 0 aliphatic heterocycles. The molecule has 0 aliphatic rings. The van der Waals surface area contributed by atoms with E-state index in [9.17, 15) is 14.7 Å². The highest BCUT2D eigenvalue weighted by molar-refractivity contribution is 5.98. The summed E-state index contributed by atoms with van der Waals surface area (Å²) in [5.41, 5.74) is 1.08. The van der Waals surface area contributed by atoms with Gasteiger partial charge >= 0.3 is 11.9 Å². The molecule has 0 saturated carbocycles. The van der Waals surface area contributed by atoms with Crippen LogP contribution in [0.2, 0.25) is 0 Å². The number of ether oxygens (including phenoxy) is 1. The fourth-order valence-electron chi connectivity index (χ4n) is 3.95. The molecule has 0 heterocycles. The molecule has 0 fully saturated rings. The third kappa shape index (κ3) is 6.55. The van der Waals surface area contributed by atoms with Gasteiger partial charge in [-0.1, -0.05) is 81.7 Å². The lowest BCUT2D eigenvalue weighted by atomic mass is 9.91. The molecule has 0 spiro atoms. The van der Waals surface area contributed by atoms with Crippen LogP contribution in [0.15, 0.2) is 72.8 Å². The summed E-state index contributed by atoms with van der Waals surface area (Å²) in [6.45, 7) is 4.23. The number of carboxylic acid groups (broad SMARTS) is 1. The first-order valence-electron chi connectivity index (χ1n) is 11.7. The minimum atomic E-state index is -0.971. The Bertz CT molecular complexity index is 1120. The van der Waals surface area contributed by atoms with Gasteiger partial charge in [-0.15, -0.1) is 0 Å². The van der Waals surface area contributed by atoms with E-state index >= 15 is 0 Å². The van der Waals surface area contributed by atoms with Crippen molar-refractivity contribution in [3.05, 3.63) is 89.5 Å². The molecular formula is C29H32O4. The van der Waals surface area contributed by atoms with Crippen molar-refractivity contribution >= 4 is 28.8 Å². The average Bonchev–Trinajstić information content (AvgIpc) is 2.85. The summed E-state index contributed by atoms with van der Waals surface area (Å²) in [7, 11) is 0. The number of hydrogen-bond acceptors (Lipinski definition) is 3. The number of fused-ring (bicyclic) bond motifs is 1. The molecule has 0 aliphatic carbocycles. The first kappa shape index (κ1) is 24.2. The maximum Gasteiger partial charge on any atom is 0.339 e. The number of carboxylic acids is 1. The Morgan fingerprint density at radius 1 is 0.879 bits per heavy atom. The van der Waals surface area contributed by atoms with Gasteiger partial charge < -0.3 is 9.84 Å². The quantitative estimate of drug-likeness (QED) is 0.245. The summed E-state index contributed by atoms with van der Waals surface area (Å²) in [6.07, 6.45) is 9.94. The number of unbranched alkanes of at least 4 members (excludes halogenated alkanes) is 3. The van der Waals surface area contributed by atoms with Crippen molar-refractivity contribution in [1.29, 1.82) is 0 Å². The number of aromatic carboxylic acids is 1. The predicted octanol–water partition coefficient (Wildman–Crippen LogP) is 7.53. The predicted molar refractivity (Wildman–Crippen MR) is 134 cm³/mol. The number of hydrogen-bond donors (Lipinski definition) is 1. The topological polar surface area (TPSA) is 63.6 Å². The number of benzene rings is 3. The third-order valence-electron chi connectivity index (χ3n) is 6.05. The van der Waals surface area contributed by atoms with Crippen LogP contribution >= 0.6 is 0 Å². The van der Waals surface area contributed by atoms with Gasteiger partial charge in [-0.2, -0.15) is 0 Å². The normalized spacial score (nSPS) is 13.2. The van der Waals surface area contributed by atoms with Crippen LogP contribution in [0.1, 0.15) is 78.7 Å². The minimum Gasteiger partial charge on any atom is -0.478 e. The van der Waals surface area contributed by atoms with Crippen molar-refractivity contribution in [3.8, 4) is 0 Å². The lowest BCUT2D eigenvalue weighted by molar-refractivity contribution is -0.00189. The van der Waals surface area contributed by atoms with Crippen LogP contribution in [0, 0.1) is 0 Å². The number of carbonyl (C=O) groups is 2. The average molecular weight is 445 g/mol. The SMILES string of the molecule is CCCCCCC(C=Cc1ccccc1)(CC)OC(=O)c1ccc2cc(C(=O)O)ccc2c1. The van der Waals surface area contributed by atoms with Gasteiger partial charge in [-0.3, -0.25) is 0 Å². The summed E-state index contributed by atoms with van der Waals surface area (Å²) < 4.78 is 6.17. The Morgan fingerprint density at radius 2 is 1.55 bits per heavy atom. The third-order valence-corrected chi connectivity index (χ3v) is 6.05. The van der Waals surface area contributed by atoms with E-state index in [1.807, 2.05) is 42.5 Å². The molecule has 0 saturated heterocycles. The molecule has 0 aromatic heterocycles. The molecule has 172 valence electrons. The highest BCUT2D eigenvalue weighted by Gasteiger charge is 2.30. The Labute approximate surface area is 195 Å². The molecule has 0 bridgehead atoms. The van der Waals surface area contributed by atoms with Crippen molar-refractivity contribution in [3.63, 3.8) is 0 Å². The van der Waals surface area contributed by atoms with Crippen LogP contribution in [-0.2, 0) is 4.74 Å². The van der Waals surface area contributed by atoms with E-state index in [2.05, 4.69) is 13.8 Å². The lowest BCUT2D eigenvalue weighted by Crippen LogP contribution is -2.32. The number of carbonyl (C=O) groups excluding carboxylic acids is 1. The van der Waals surface area contributed by atoms with Gasteiger partial charge in [0.05, 0.1) is 11.1 Å². The van der Waals surface area contributed by atoms with Crippen LogP contribution in [0.5, 0.6) is 0 Å². The zero-order valence-corrected chi connectivity index (χ0v) is 19.4.